The van der Waals surface area contributed by atoms with Crippen molar-refractivity contribution in [3.63, 3.8) is 0 Å². The number of pyridine rings is 1. The molecule has 196 valence electrons. The molecule has 1 saturated carbocycles. The zero-order chi connectivity index (χ0) is 26.4. The molecule has 2 unspecified atom stereocenters. The van der Waals surface area contributed by atoms with E-state index in [-0.39, 0.29) is 17.4 Å². The second-order valence-corrected chi connectivity index (χ2v) is 11.7. The number of ether oxygens (including phenoxy) is 2. The molecular formula is C27H33N5O4S. The second kappa shape index (κ2) is 11.8. The molecule has 2 aromatic heterocycles. The van der Waals surface area contributed by atoms with Crippen LogP contribution in [0.4, 0.5) is 11.5 Å². The molecule has 0 amide bonds. The van der Waals surface area contributed by atoms with Gasteiger partial charge in [0.15, 0.2) is 11.9 Å². The van der Waals surface area contributed by atoms with Crippen molar-refractivity contribution in [2.75, 3.05) is 11.9 Å². The van der Waals surface area contributed by atoms with E-state index in [1.165, 1.54) is 17.7 Å². The molecule has 1 aliphatic heterocycles. The standard InChI is InChI=1S/C15H14N4OS.C12H19NO3/c20-15-13-12(7-8-16-15)18-19-14(13)17-9-1-3-10(4-2-9)21-11-5-6-11;1-12(2,3)16-11(14)10-5-4-9(6-7-13)8-15-10/h1-4,7-8,11H,5-6H2,(H,16,20)(H2,17,18,19);9-10H,4-6,8H2,1-3H3. The van der Waals surface area contributed by atoms with Gasteiger partial charge in [-0.3, -0.25) is 9.89 Å². The minimum absolute atomic E-state index is 0.148. The highest BCUT2D eigenvalue weighted by atomic mass is 32.2. The molecule has 2 atom stereocenters. The molecule has 3 heterocycles. The van der Waals surface area contributed by atoms with Crippen LogP contribution in [-0.4, -0.2) is 44.7 Å². The third-order valence-electron chi connectivity index (χ3n) is 5.85. The molecule has 2 aliphatic rings. The maximum Gasteiger partial charge on any atom is 0.335 e. The molecule has 1 aromatic carbocycles. The number of hydrogen-bond donors (Lipinski definition) is 3. The SMILES string of the molecule is CC(C)(C)OC(=O)C1CCC(CC#N)CO1.O=c1[nH]ccc2[nH]nc(Nc3ccc(SC4CC4)cc3)c12. The monoisotopic (exact) mass is 523 g/mol. The van der Waals surface area contributed by atoms with Gasteiger partial charge in [0.25, 0.3) is 5.56 Å². The number of hydrogen-bond acceptors (Lipinski definition) is 8. The summed E-state index contributed by atoms with van der Waals surface area (Å²) in [6.45, 7) is 6.00. The predicted octanol–water partition coefficient (Wildman–Crippen LogP) is 5.29. The van der Waals surface area contributed by atoms with Crippen molar-refractivity contribution >= 4 is 40.1 Å². The summed E-state index contributed by atoms with van der Waals surface area (Å²) in [5, 5.41) is 20.1. The first-order valence-corrected chi connectivity index (χ1v) is 13.4. The van der Waals surface area contributed by atoms with Crippen molar-refractivity contribution in [3.8, 4) is 6.07 Å². The van der Waals surface area contributed by atoms with Crippen LogP contribution in [0.2, 0.25) is 0 Å². The van der Waals surface area contributed by atoms with Crippen molar-refractivity contribution in [1.82, 2.24) is 15.2 Å². The van der Waals surface area contributed by atoms with Crippen LogP contribution < -0.4 is 10.9 Å². The average Bonchev–Trinajstić information content (AvgIpc) is 3.58. The summed E-state index contributed by atoms with van der Waals surface area (Å²) in [5.41, 5.74) is 1.03. The zero-order valence-corrected chi connectivity index (χ0v) is 22.2. The van der Waals surface area contributed by atoms with Crippen molar-refractivity contribution in [2.24, 2.45) is 5.92 Å². The number of aromatic amines is 2. The maximum atomic E-state index is 11.9. The number of anilines is 2. The number of nitrogens with zero attached hydrogens (tertiary/aromatic N) is 2. The third-order valence-corrected chi connectivity index (χ3v) is 7.20. The molecule has 2 fully saturated rings. The van der Waals surface area contributed by atoms with Crippen LogP contribution in [0, 0.1) is 17.2 Å². The number of H-pyrrole nitrogens is 2. The lowest BCUT2D eigenvalue weighted by atomic mass is 9.96. The van der Waals surface area contributed by atoms with Gasteiger partial charge < -0.3 is 19.8 Å². The van der Waals surface area contributed by atoms with Crippen LogP contribution in [0.5, 0.6) is 0 Å². The summed E-state index contributed by atoms with van der Waals surface area (Å²) >= 11 is 1.93. The number of aromatic nitrogens is 3. The number of esters is 1. The Hall–Kier alpha value is -3.29. The smallest absolute Gasteiger partial charge is 0.335 e. The lowest BCUT2D eigenvalue weighted by Crippen LogP contribution is -2.37. The van der Waals surface area contributed by atoms with Gasteiger partial charge in [-0.25, -0.2) is 4.79 Å². The van der Waals surface area contributed by atoms with Gasteiger partial charge in [-0.1, -0.05) is 0 Å². The van der Waals surface area contributed by atoms with E-state index >= 15 is 0 Å². The van der Waals surface area contributed by atoms with E-state index in [9.17, 15) is 9.59 Å². The van der Waals surface area contributed by atoms with E-state index in [0.717, 1.165) is 22.9 Å². The average molecular weight is 524 g/mol. The number of nitrogens with one attached hydrogen (secondary N) is 3. The Bertz CT molecular complexity index is 1290. The maximum absolute atomic E-state index is 11.9. The number of nitriles is 1. The summed E-state index contributed by atoms with van der Waals surface area (Å²) in [6.07, 6.45) is 5.82. The number of carbonyl (C=O) groups excluding carboxylic acids is 1. The Labute approximate surface area is 220 Å². The fraction of sp³-hybridized carbons (Fsp3) is 0.481. The largest absolute Gasteiger partial charge is 0.458 e. The van der Waals surface area contributed by atoms with E-state index in [2.05, 4.69) is 38.7 Å². The van der Waals surface area contributed by atoms with E-state index in [1.807, 2.05) is 44.7 Å². The topological polar surface area (TPSA) is 133 Å². The molecular weight excluding hydrogens is 490 g/mol. The Kier molecular flexibility index (Phi) is 8.56. The van der Waals surface area contributed by atoms with Crippen LogP contribution in [0.1, 0.15) is 52.9 Å². The molecule has 0 spiro atoms. The van der Waals surface area contributed by atoms with Crippen LogP contribution in [0.3, 0.4) is 0 Å². The molecule has 0 bridgehead atoms. The third kappa shape index (κ3) is 7.84. The number of thioether (sulfide) groups is 1. The molecule has 10 heteroatoms. The van der Waals surface area contributed by atoms with Gasteiger partial charge in [-0.2, -0.15) is 10.4 Å². The summed E-state index contributed by atoms with van der Waals surface area (Å²) in [7, 11) is 0. The van der Waals surface area contributed by atoms with Crippen LogP contribution in [0.25, 0.3) is 10.9 Å². The van der Waals surface area contributed by atoms with Gasteiger partial charge in [0.05, 0.1) is 18.2 Å². The summed E-state index contributed by atoms with van der Waals surface area (Å²) < 4.78 is 10.7. The normalized spacial score (nSPS) is 19.4. The Balaban J connectivity index is 0.000000181. The van der Waals surface area contributed by atoms with Crippen LogP contribution >= 0.6 is 11.8 Å². The van der Waals surface area contributed by atoms with Gasteiger partial charge in [0.1, 0.15) is 11.0 Å². The van der Waals surface area contributed by atoms with Crippen LogP contribution in [-0.2, 0) is 14.3 Å². The van der Waals surface area contributed by atoms with Crippen molar-refractivity contribution in [1.29, 1.82) is 5.26 Å². The number of rotatable bonds is 6. The Morgan fingerprint density at radius 2 is 1.97 bits per heavy atom. The molecule has 9 nitrogen and oxygen atoms in total. The highest BCUT2D eigenvalue weighted by Crippen LogP contribution is 2.39. The quantitative estimate of drug-likeness (QED) is 0.371. The fourth-order valence-electron chi connectivity index (χ4n) is 3.85. The molecule has 0 radical (unpaired) electrons. The van der Waals surface area contributed by atoms with Gasteiger partial charge >= 0.3 is 5.97 Å². The molecule has 3 aromatic rings. The molecule has 1 saturated heterocycles. The van der Waals surface area contributed by atoms with Gasteiger partial charge in [0, 0.05) is 28.5 Å². The number of carbonyl (C=O) groups is 1. The van der Waals surface area contributed by atoms with Crippen LogP contribution in [0.15, 0.2) is 46.2 Å². The van der Waals surface area contributed by atoms with E-state index in [4.69, 9.17) is 14.7 Å². The highest BCUT2D eigenvalue weighted by molar-refractivity contribution is 8.00. The molecule has 5 rings (SSSR count). The lowest BCUT2D eigenvalue weighted by molar-refractivity contribution is -0.173. The first-order chi connectivity index (χ1) is 17.7. The second-order valence-electron chi connectivity index (χ2n) is 10.3. The van der Waals surface area contributed by atoms with Crippen molar-refractivity contribution < 1.29 is 14.3 Å². The molecule has 37 heavy (non-hydrogen) atoms. The number of fused-ring (bicyclic) bond motifs is 1. The summed E-state index contributed by atoms with van der Waals surface area (Å²) in [5.74, 6) is 0.529. The Morgan fingerprint density at radius 1 is 1.22 bits per heavy atom. The number of benzene rings is 1. The summed E-state index contributed by atoms with van der Waals surface area (Å²) in [6, 6.07) is 12.2. The first kappa shape index (κ1) is 26.8. The van der Waals surface area contributed by atoms with Gasteiger partial charge in [-0.15, -0.1) is 11.8 Å². The molecule has 1 aliphatic carbocycles. The highest BCUT2D eigenvalue weighted by Gasteiger charge is 2.30. The van der Waals surface area contributed by atoms with Gasteiger partial charge in [-0.05, 0) is 82.7 Å². The van der Waals surface area contributed by atoms with E-state index in [0.29, 0.717) is 30.7 Å². The minimum atomic E-state index is -0.468. The minimum Gasteiger partial charge on any atom is -0.458 e. The van der Waals surface area contributed by atoms with Crippen molar-refractivity contribution in [3.05, 3.63) is 46.9 Å². The Morgan fingerprint density at radius 3 is 2.59 bits per heavy atom. The first-order valence-electron chi connectivity index (χ1n) is 12.5. The van der Waals surface area contributed by atoms with E-state index in [1.54, 1.807) is 12.3 Å². The lowest BCUT2D eigenvalue weighted by Gasteiger charge is -2.29. The van der Waals surface area contributed by atoms with Gasteiger partial charge in [0.2, 0.25) is 0 Å². The fourth-order valence-corrected chi connectivity index (χ4v) is 4.90. The van der Waals surface area contributed by atoms with E-state index < -0.39 is 11.7 Å². The van der Waals surface area contributed by atoms with Crippen molar-refractivity contribution in [2.45, 2.75) is 74.7 Å². The summed E-state index contributed by atoms with van der Waals surface area (Å²) in [4.78, 5) is 27.5. The zero-order valence-electron chi connectivity index (χ0n) is 21.4. The molecule has 3 N–H and O–H groups in total. The predicted molar refractivity (Wildman–Crippen MR) is 144 cm³/mol.